The number of hydrogen-bond acceptors (Lipinski definition) is 6. The zero-order valence-corrected chi connectivity index (χ0v) is 17.0. The van der Waals surface area contributed by atoms with E-state index in [2.05, 4.69) is 15.0 Å². The summed E-state index contributed by atoms with van der Waals surface area (Å²) >= 11 is 6.54. The van der Waals surface area contributed by atoms with E-state index in [1.165, 1.54) is 0 Å². The fourth-order valence-electron chi connectivity index (χ4n) is 3.31. The van der Waals surface area contributed by atoms with Crippen molar-refractivity contribution in [2.45, 2.75) is 0 Å². The van der Waals surface area contributed by atoms with Crippen LogP contribution >= 0.6 is 11.6 Å². The van der Waals surface area contributed by atoms with E-state index >= 15 is 0 Å². The van der Waals surface area contributed by atoms with Gasteiger partial charge in [0, 0.05) is 28.9 Å². The number of anilines is 1. The van der Waals surface area contributed by atoms with Crippen molar-refractivity contribution in [2.75, 3.05) is 5.73 Å². The molecule has 0 aliphatic heterocycles. The van der Waals surface area contributed by atoms with Crippen LogP contribution in [0.15, 0.2) is 85.3 Å². The number of hydrogen-bond donors (Lipinski definition) is 1. The highest BCUT2D eigenvalue weighted by Gasteiger charge is 2.18. The summed E-state index contributed by atoms with van der Waals surface area (Å²) in [6, 6.07) is 20.9. The summed E-state index contributed by atoms with van der Waals surface area (Å²) in [5.74, 6) is 0.896. The normalized spacial score (nSPS) is 10.9. The van der Waals surface area contributed by atoms with Crippen LogP contribution < -0.4 is 10.5 Å². The summed E-state index contributed by atoms with van der Waals surface area (Å²) in [5.41, 5.74) is 9.85. The van der Waals surface area contributed by atoms with Crippen LogP contribution in [0, 0.1) is 0 Å². The largest absolute Gasteiger partial charge is 0.434 e. The highest BCUT2D eigenvalue weighted by molar-refractivity contribution is 6.35. The Balaban J connectivity index is 1.72. The molecule has 0 atom stereocenters. The molecule has 5 rings (SSSR count). The fraction of sp³-hybridized carbons (Fsp3) is 0. The lowest BCUT2D eigenvalue weighted by Gasteiger charge is -2.14. The molecule has 0 amide bonds. The molecule has 0 saturated heterocycles. The summed E-state index contributed by atoms with van der Waals surface area (Å²) in [7, 11) is 0. The monoisotopic (exact) mass is 425 g/mol. The molecule has 0 aliphatic rings. The van der Waals surface area contributed by atoms with Crippen LogP contribution in [0.3, 0.4) is 0 Å². The summed E-state index contributed by atoms with van der Waals surface area (Å²) in [6.07, 6.45) is 4.97. The highest BCUT2D eigenvalue weighted by Crippen LogP contribution is 2.37. The first-order valence-electron chi connectivity index (χ1n) is 9.54. The minimum Gasteiger partial charge on any atom is -0.434 e. The van der Waals surface area contributed by atoms with E-state index in [9.17, 15) is 0 Å². The second-order valence-corrected chi connectivity index (χ2v) is 7.21. The molecule has 6 nitrogen and oxygen atoms in total. The summed E-state index contributed by atoms with van der Waals surface area (Å²) in [4.78, 5) is 17.8. The average Bonchev–Trinajstić information content (AvgIpc) is 2.81. The van der Waals surface area contributed by atoms with Gasteiger partial charge in [-0.25, -0.2) is 9.97 Å². The molecule has 150 valence electrons. The maximum Gasteiger partial charge on any atom is 0.263 e. The maximum absolute atomic E-state index is 6.54. The highest BCUT2D eigenvalue weighted by atomic mass is 35.5. The Kier molecular flexibility index (Phi) is 4.90. The van der Waals surface area contributed by atoms with Crippen LogP contribution in [0.5, 0.6) is 11.6 Å². The van der Waals surface area contributed by atoms with Gasteiger partial charge < -0.3 is 10.5 Å². The van der Waals surface area contributed by atoms with Crippen LogP contribution in [0.1, 0.15) is 0 Å². The van der Waals surface area contributed by atoms with Gasteiger partial charge in [0.15, 0.2) is 5.82 Å². The predicted molar refractivity (Wildman–Crippen MR) is 122 cm³/mol. The number of fused-ring (bicyclic) bond motifs is 1. The lowest BCUT2D eigenvalue weighted by atomic mass is 10.0. The number of rotatable bonds is 4. The third-order valence-electron chi connectivity index (χ3n) is 4.72. The van der Waals surface area contributed by atoms with E-state index in [-0.39, 0.29) is 11.7 Å². The molecule has 0 saturated carbocycles. The Labute approximate surface area is 183 Å². The third-order valence-corrected chi connectivity index (χ3v) is 5.01. The summed E-state index contributed by atoms with van der Waals surface area (Å²) in [6.45, 7) is 0. The molecular weight excluding hydrogens is 410 g/mol. The first kappa shape index (κ1) is 19.0. The predicted octanol–water partition coefficient (Wildman–Crippen LogP) is 5.78. The van der Waals surface area contributed by atoms with Crippen molar-refractivity contribution in [1.29, 1.82) is 0 Å². The van der Waals surface area contributed by atoms with Gasteiger partial charge in [-0.15, -0.1) is 0 Å². The van der Waals surface area contributed by atoms with Crippen molar-refractivity contribution in [3.63, 3.8) is 0 Å². The molecule has 3 aromatic heterocycles. The van der Waals surface area contributed by atoms with E-state index in [1.807, 2.05) is 54.6 Å². The molecular formula is C24H16ClN5O. The zero-order chi connectivity index (χ0) is 21.2. The van der Waals surface area contributed by atoms with Crippen molar-refractivity contribution in [2.24, 2.45) is 0 Å². The van der Waals surface area contributed by atoms with Gasteiger partial charge in [-0.3, -0.25) is 9.97 Å². The van der Waals surface area contributed by atoms with Crippen molar-refractivity contribution in [3.8, 4) is 34.1 Å². The van der Waals surface area contributed by atoms with Gasteiger partial charge in [-0.1, -0.05) is 48.0 Å². The number of halogens is 1. The van der Waals surface area contributed by atoms with E-state index in [4.69, 9.17) is 27.1 Å². The van der Waals surface area contributed by atoms with Crippen LogP contribution in [-0.2, 0) is 0 Å². The first-order valence-corrected chi connectivity index (χ1v) is 9.92. The molecule has 0 radical (unpaired) electrons. The quantitative estimate of drug-likeness (QED) is 0.392. The number of benzene rings is 2. The molecule has 0 fully saturated rings. The van der Waals surface area contributed by atoms with Gasteiger partial charge in [-0.05, 0) is 30.3 Å². The number of pyridine rings is 2. The second-order valence-electron chi connectivity index (χ2n) is 6.80. The van der Waals surface area contributed by atoms with E-state index < -0.39 is 0 Å². The third kappa shape index (κ3) is 3.76. The lowest BCUT2D eigenvalue weighted by Crippen LogP contribution is -2.03. The molecule has 31 heavy (non-hydrogen) atoms. The Morgan fingerprint density at radius 2 is 1.61 bits per heavy atom. The van der Waals surface area contributed by atoms with Crippen molar-refractivity contribution in [3.05, 3.63) is 90.3 Å². The number of nitrogen functional groups attached to an aromatic ring is 1. The molecule has 5 aromatic rings. The minimum atomic E-state index is 0.181. The van der Waals surface area contributed by atoms with E-state index in [0.717, 1.165) is 22.0 Å². The van der Waals surface area contributed by atoms with Crippen LogP contribution in [-0.4, -0.2) is 19.9 Å². The molecule has 0 aliphatic carbocycles. The smallest absolute Gasteiger partial charge is 0.263 e. The SMILES string of the molecule is Nc1nc(-c2ccccc2)c(-c2cc(Cl)c3ncccc3c2)nc1Oc1cccnc1. The zero-order valence-electron chi connectivity index (χ0n) is 16.2. The Morgan fingerprint density at radius 3 is 2.42 bits per heavy atom. The van der Waals surface area contributed by atoms with E-state index in [0.29, 0.717) is 22.2 Å². The topological polar surface area (TPSA) is 86.8 Å². The van der Waals surface area contributed by atoms with Crippen LogP contribution in [0.25, 0.3) is 33.4 Å². The van der Waals surface area contributed by atoms with Gasteiger partial charge in [-0.2, -0.15) is 0 Å². The van der Waals surface area contributed by atoms with Gasteiger partial charge in [0.1, 0.15) is 11.4 Å². The molecule has 0 unspecified atom stereocenters. The van der Waals surface area contributed by atoms with E-state index in [1.54, 1.807) is 30.7 Å². The molecule has 2 N–H and O–H groups in total. The average molecular weight is 426 g/mol. The number of aromatic nitrogens is 4. The Bertz CT molecular complexity index is 1380. The Hall–Kier alpha value is -4.03. The number of nitrogens with two attached hydrogens (primary N) is 1. The van der Waals surface area contributed by atoms with Crippen molar-refractivity contribution in [1.82, 2.24) is 19.9 Å². The van der Waals surface area contributed by atoms with Crippen molar-refractivity contribution >= 4 is 28.3 Å². The summed E-state index contributed by atoms with van der Waals surface area (Å²) < 4.78 is 5.87. The van der Waals surface area contributed by atoms with Gasteiger partial charge >= 0.3 is 0 Å². The number of nitrogens with zero attached hydrogens (tertiary/aromatic N) is 4. The molecule has 7 heteroatoms. The standard InChI is InChI=1S/C24H16ClN5O/c25-19-13-17(12-16-8-4-11-28-20(16)19)22-21(15-6-2-1-3-7-15)29-23(26)24(30-22)31-18-9-5-10-27-14-18/h1-14H,(H2,26,29). The minimum absolute atomic E-state index is 0.181. The van der Waals surface area contributed by atoms with Gasteiger partial charge in [0.2, 0.25) is 0 Å². The lowest BCUT2D eigenvalue weighted by molar-refractivity contribution is 0.462. The van der Waals surface area contributed by atoms with Crippen LogP contribution in [0.2, 0.25) is 5.02 Å². The molecule has 3 heterocycles. The van der Waals surface area contributed by atoms with Crippen LogP contribution in [0.4, 0.5) is 5.82 Å². The molecule has 0 bridgehead atoms. The summed E-state index contributed by atoms with van der Waals surface area (Å²) in [5, 5.41) is 1.43. The Morgan fingerprint density at radius 1 is 0.806 bits per heavy atom. The second kappa shape index (κ2) is 8.01. The fourth-order valence-corrected chi connectivity index (χ4v) is 3.59. The first-order chi connectivity index (χ1) is 15.2. The van der Waals surface area contributed by atoms with Gasteiger partial charge in [0.05, 0.1) is 22.4 Å². The molecule has 2 aromatic carbocycles. The van der Waals surface area contributed by atoms with Gasteiger partial charge in [0.25, 0.3) is 5.88 Å². The van der Waals surface area contributed by atoms with Crippen molar-refractivity contribution < 1.29 is 4.74 Å². The maximum atomic E-state index is 6.54. The number of ether oxygens (including phenoxy) is 1. The molecule has 0 spiro atoms.